The molecule has 0 saturated heterocycles. The molecule has 1 aromatic heterocycles. The third kappa shape index (κ3) is 1.82. The second kappa shape index (κ2) is 3.88. The van der Waals surface area contributed by atoms with Crippen molar-refractivity contribution < 1.29 is 4.39 Å². The molecule has 0 fully saturated rings. The maximum absolute atomic E-state index is 12.7. The summed E-state index contributed by atoms with van der Waals surface area (Å²) in [5, 5.41) is 1.12. The Bertz CT molecular complexity index is 419. The maximum Gasteiger partial charge on any atom is 0.123 e. The summed E-state index contributed by atoms with van der Waals surface area (Å²) in [4.78, 5) is 3.24. The van der Waals surface area contributed by atoms with Gasteiger partial charge >= 0.3 is 0 Å². The summed E-state index contributed by atoms with van der Waals surface area (Å²) >= 11 is 1.66. The summed E-state index contributed by atoms with van der Waals surface area (Å²) < 4.78 is 12.7. The third-order valence-corrected chi connectivity index (χ3v) is 2.71. The van der Waals surface area contributed by atoms with Crippen molar-refractivity contribution in [2.24, 2.45) is 0 Å². The van der Waals surface area contributed by atoms with E-state index in [4.69, 9.17) is 0 Å². The highest BCUT2D eigenvalue weighted by Gasteiger charge is 2.00. The zero-order chi connectivity index (χ0) is 9.97. The van der Waals surface area contributed by atoms with Crippen molar-refractivity contribution in [1.29, 1.82) is 0 Å². The Hall–Kier alpha value is -1.22. The predicted octanol–water partition coefficient (Wildman–Crippen LogP) is 3.54. The molecule has 72 valence electrons. The van der Waals surface area contributed by atoms with Crippen molar-refractivity contribution in [2.45, 2.75) is 5.03 Å². The Labute approximate surface area is 86.4 Å². The minimum atomic E-state index is -0.203. The van der Waals surface area contributed by atoms with Crippen molar-refractivity contribution in [2.75, 3.05) is 6.26 Å². The SMILES string of the molecule is CSc1ccc(-c2ccc(F)cc2)[nH]1. The Morgan fingerprint density at radius 3 is 2.36 bits per heavy atom. The van der Waals surface area contributed by atoms with Crippen LogP contribution in [0.15, 0.2) is 41.4 Å². The van der Waals surface area contributed by atoms with Gasteiger partial charge in [0, 0.05) is 5.69 Å². The second-order valence-electron chi connectivity index (χ2n) is 2.95. The average molecular weight is 207 g/mol. The van der Waals surface area contributed by atoms with E-state index in [1.54, 1.807) is 23.9 Å². The lowest BCUT2D eigenvalue weighted by molar-refractivity contribution is 0.628. The predicted molar refractivity (Wildman–Crippen MR) is 58.0 cm³/mol. The van der Waals surface area contributed by atoms with Crippen LogP contribution in [0.3, 0.4) is 0 Å². The van der Waals surface area contributed by atoms with Gasteiger partial charge in [-0.15, -0.1) is 11.8 Å². The van der Waals surface area contributed by atoms with Crippen LogP contribution >= 0.6 is 11.8 Å². The zero-order valence-electron chi connectivity index (χ0n) is 7.75. The fraction of sp³-hybridized carbons (Fsp3) is 0.0909. The number of hydrogen-bond acceptors (Lipinski definition) is 1. The topological polar surface area (TPSA) is 15.8 Å². The number of benzene rings is 1. The van der Waals surface area contributed by atoms with E-state index in [2.05, 4.69) is 4.98 Å². The lowest BCUT2D eigenvalue weighted by Gasteiger charge is -1.97. The van der Waals surface area contributed by atoms with Crippen LogP contribution in [0.5, 0.6) is 0 Å². The molecule has 0 radical (unpaired) electrons. The summed E-state index contributed by atoms with van der Waals surface area (Å²) in [7, 11) is 0. The van der Waals surface area contributed by atoms with E-state index in [1.807, 2.05) is 18.4 Å². The van der Waals surface area contributed by atoms with E-state index in [1.165, 1.54) is 12.1 Å². The first-order valence-electron chi connectivity index (χ1n) is 4.28. The molecule has 3 heteroatoms. The van der Waals surface area contributed by atoms with Crippen LogP contribution in [0.2, 0.25) is 0 Å². The molecule has 14 heavy (non-hydrogen) atoms. The molecule has 0 atom stereocenters. The Kier molecular flexibility index (Phi) is 2.59. The number of hydrogen-bond donors (Lipinski definition) is 1. The van der Waals surface area contributed by atoms with Gasteiger partial charge in [0.1, 0.15) is 5.82 Å². The van der Waals surface area contributed by atoms with E-state index >= 15 is 0 Å². The summed E-state index contributed by atoms with van der Waals surface area (Å²) in [6, 6.07) is 10.5. The summed E-state index contributed by atoms with van der Waals surface area (Å²) in [5.74, 6) is -0.203. The van der Waals surface area contributed by atoms with Gasteiger partial charge in [-0.25, -0.2) is 4.39 Å². The molecule has 0 amide bonds. The summed E-state index contributed by atoms with van der Waals surface area (Å²) in [6.45, 7) is 0. The first-order chi connectivity index (χ1) is 6.79. The molecule has 0 aliphatic heterocycles. The molecule has 0 unspecified atom stereocenters. The van der Waals surface area contributed by atoms with Crippen molar-refractivity contribution in [3.8, 4) is 11.3 Å². The smallest absolute Gasteiger partial charge is 0.123 e. The number of thioether (sulfide) groups is 1. The molecule has 1 heterocycles. The van der Waals surface area contributed by atoms with Crippen LogP contribution in [0, 0.1) is 5.82 Å². The number of nitrogens with one attached hydrogen (secondary N) is 1. The van der Waals surface area contributed by atoms with E-state index < -0.39 is 0 Å². The monoisotopic (exact) mass is 207 g/mol. The first kappa shape index (κ1) is 9.34. The third-order valence-electron chi connectivity index (χ3n) is 2.03. The van der Waals surface area contributed by atoms with Gasteiger partial charge in [-0.3, -0.25) is 0 Å². The van der Waals surface area contributed by atoms with Gasteiger partial charge in [0.25, 0.3) is 0 Å². The van der Waals surface area contributed by atoms with Crippen LogP contribution in [-0.2, 0) is 0 Å². The minimum absolute atomic E-state index is 0.203. The summed E-state index contributed by atoms with van der Waals surface area (Å²) in [6.07, 6.45) is 2.01. The lowest BCUT2D eigenvalue weighted by Crippen LogP contribution is -1.78. The van der Waals surface area contributed by atoms with Crippen molar-refractivity contribution in [3.63, 3.8) is 0 Å². The highest BCUT2D eigenvalue weighted by atomic mass is 32.2. The molecule has 1 aromatic carbocycles. The highest BCUT2D eigenvalue weighted by molar-refractivity contribution is 7.98. The zero-order valence-corrected chi connectivity index (χ0v) is 8.57. The maximum atomic E-state index is 12.7. The van der Waals surface area contributed by atoms with Gasteiger partial charge in [-0.2, -0.15) is 0 Å². The molecule has 1 nitrogen and oxygen atoms in total. The molecule has 0 saturated carbocycles. The fourth-order valence-electron chi connectivity index (χ4n) is 1.29. The van der Waals surface area contributed by atoms with E-state index in [-0.39, 0.29) is 5.82 Å². The van der Waals surface area contributed by atoms with Gasteiger partial charge in [0.05, 0.1) is 5.03 Å². The van der Waals surface area contributed by atoms with E-state index in [0.29, 0.717) is 0 Å². The lowest BCUT2D eigenvalue weighted by atomic mass is 10.1. The minimum Gasteiger partial charge on any atom is -0.350 e. The number of rotatable bonds is 2. The number of aromatic amines is 1. The van der Waals surface area contributed by atoms with Crippen LogP contribution in [0.4, 0.5) is 4.39 Å². The van der Waals surface area contributed by atoms with Crippen LogP contribution in [0.25, 0.3) is 11.3 Å². The molecular weight excluding hydrogens is 197 g/mol. The van der Waals surface area contributed by atoms with Gasteiger partial charge in [0.2, 0.25) is 0 Å². The van der Waals surface area contributed by atoms with E-state index in [0.717, 1.165) is 16.3 Å². The Balaban J connectivity index is 2.34. The van der Waals surface area contributed by atoms with Gasteiger partial charge in [0.15, 0.2) is 0 Å². The molecule has 0 bridgehead atoms. The Morgan fingerprint density at radius 2 is 1.79 bits per heavy atom. The molecular formula is C11H10FNS. The molecule has 0 spiro atoms. The van der Waals surface area contributed by atoms with Crippen molar-refractivity contribution in [3.05, 3.63) is 42.2 Å². The van der Waals surface area contributed by atoms with Gasteiger partial charge < -0.3 is 4.98 Å². The average Bonchev–Trinajstić information content (AvgIpc) is 2.67. The normalized spacial score (nSPS) is 10.4. The van der Waals surface area contributed by atoms with Crippen molar-refractivity contribution in [1.82, 2.24) is 4.98 Å². The molecule has 1 N–H and O–H groups in total. The molecule has 0 aliphatic rings. The van der Waals surface area contributed by atoms with Crippen LogP contribution in [-0.4, -0.2) is 11.2 Å². The number of aromatic nitrogens is 1. The number of halogens is 1. The number of H-pyrrole nitrogens is 1. The molecule has 0 aliphatic carbocycles. The highest BCUT2D eigenvalue weighted by Crippen LogP contribution is 2.22. The van der Waals surface area contributed by atoms with Gasteiger partial charge in [-0.05, 0) is 48.2 Å². The fourth-order valence-corrected chi connectivity index (χ4v) is 1.71. The first-order valence-corrected chi connectivity index (χ1v) is 5.51. The largest absolute Gasteiger partial charge is 0.350 e. The van der Waals surface area contributed by atoms with Crippen LogP contribution < -0.4 is 0 Å². The summed E-state index contributed by atoms with van der Waals surface area (Å²) in [5.41, 5.74) is 2.03. The quantitative estimate of drug-likeness (QED) is 0.745. The standard InChI is InChI=1S/C11H10FNS/c1-14-11-7-6-10(13-11)8-2-4-9(12)5-3-8/h2-7,13H,1H3. The van der Waals surface area contributed by atoms with Crippen LogP contribution in [0.1, 0.15) is 0 Å². The molecule has 2 aromatic rings. The second-order valence-corrected chi connectivity index (χ2v) is 3.80. The van der Waals surface area contributed by atoms with Gasteiger partial charge in [-0.1, -0.05) is 0 Å². The van der Waals surface area contributed by atoms with Crippen molar-refractivity contribution >= 4 is 11.8 Å². The Morgan fingerprint density at radius 1 is 1.07 bits per heavy atom. The van der Waals surface area contributed by atoms with E-state index in [9.17, 15) is 4.39 Å². The molecule has 2 rings (SSSR count).